The molecule has 0 aliphatic carbocycles. The van der Waals surface area contributed by atoms with Crippen LogP contribution in [0.2, 0.25) is 0 Å². The minimum absolute atomic E-state index is 0.00281. The summed E-state index contributed by atoms with van der Waals surface area (Å²) in [5.74, 6) is 0.327. The predicted molar refractivity (Wildman–Crippen MR) is 110 cm³/mol. The number of aryl methyl sites for hydroxylation is 1. The van der Waals surface area contributed by atoms with Gasteiger partial charge >= 0.3 is 0 Å². The van der Waals surface area contributed by atoms with Crippen molar-refractivity contribution >= 4 is 11.8 Å². The molecule has 0 bridgehead atoms. The van der Waals surface area contributed by atoms with E-state index in [0.717, 1.165) is 23.3 Å². The first kappa shape index (κ1) is 19.9. The molecule has 2 aromatic rings. The Bertz CT molecular complexity index is 832. The summed E-state index contributed by atoms with van der Waals surface area (Å²) in [6.07, 6.45) is 0.879. The topological polar surface area (TPSA) is 58.6 Å². The number of methoxy groups -OCH3 is 1. The number of nitrogens with one attached hydrogen (secondary N) is 1. The van der Waals surface area contributed by atoms with Crippen molar-refractivity contribution in [2.24, 2.45) is 5.92 Å². The van der Waals surface area contributed by atoms with Gasteiger partial charge in [0, 0.05) is 31.1 Å². The van der Waals surface area contributed by atoms with Crippen LogP contribution < -0.4 is 10.1 Å². The Morgan fingerprint density at radius 2 is 1.82 bits per heavy atom. The van der Waals surface area contributed by atoms with Gasteiger partial charge < -0.3 is 15.0 Å². The second-order valence-electron chi connectivity index (χ2n) is 7.32. The fraction of sp³-hybridized carbons (Fsp3) is 0.391. The Kier molecular flexibility index (Phi) is 6.34. The number of hydrogen-bond donors (Lipinski definition) is 1. The van der Waals surface area contributed by atoms with E-state index >= 15 is 0 Å². The number of likely N-dealkylation sites (tertiary alicyclic amines) is 1. The molecule has 0 saturated carbocycles. The normalized spacial score (nSPS) is 18.8. The third-order valence-electron chi connectivity index (χ3n) is 5.33. The van der Waals surface area contributed by atoms with Gasteiger partial charge in [-0.1, -0.05) is 42.8 Å². The lowest BCUT2D eigenvalue weighted by Crippen LogP contribution is -2.36. The van der Waals surface area contributed by atoms with Gasteiger partial charge in [0.25, 0.3) is 5.91 Å². The number of rotatable bonds is 6. The summed E-state index contributed by atoms with van der Waals surface area (Å²) in [6.45, 7) is 5.57. The molecule has 1 aliphatic heterocycles. The Labute approximate surface area is 166 Å². The third kappa shape index (κ3) is 4.19. The number of hydrogen-bond acceptors (Lipinski definition) is 3. The van der Waals surface area contributed by atoms with Crippen LogP contribution in [0.5, 0.6) is 5.75 Å². The number of carbonyl (C=O) groups is 2. The highest BCUT2D eigenvalue weighted by Crippen LogP contribution is 2.38. The lowest BCUT2D eigenvalue weighted by Gasteiger charge is -2.20. The number of ether oxygens (including phenoxy) is 1. The lowest BCUT2D eigenvalue weighted by atomic mass is 9.87. The Balaban J connectivity index is 1.88. The molecule has 2 atom stereocenters. The van der Waals surface area contributed by atoms with E-state index in [1.807, 2.05) is 62.4 Å². The second kappa shape index (κ2) is 8.91. The smallest absolute Gasteiger partial charge is 0.253 e. The van der Waals surface area contributed by atoms with Crippen LogP contribution >= 0.6 is 0 Å². The number of amides is 2. The highest BCUT2D eigenvalue weighted by atomic mass is 16.5. The molecule has 1 fully saturated rings. The van der Waals surface area contributed by atoms with E-state index in [1.54, 1.807) is 12.0 Å². The monoisotopic (exact) mass is 380 g/mol. The summed E-state index contributed by atoms with van der Waals surface area (Å²) in [5.41, 5.74) is 2.74. The number of para-hydroxylation sites is 1. The fourth-order valence-electron chi connectivity index (χ4n) is 3.78. The van der Waals surface area contributed by atoms with E-state index in [1.165, 1.54) is 0 Å². The van der Waals surface area contributed by atoms with Crippen molar-refractivity contribution in [2.75, 3.05) is 26.7 Å². The molecule has 1 aliphatic rings. The quantitative estimate of drug-likeness (QED) is 0.836. The van der Waals surface area contributed by atoms with Gasteiger partial charge in [-0.15, -0.1) is 0 Å². The van der Waals surface area contributed by atoms with Crippen molar-refractivity contribution in [3.8, 4) is 5.75 Å². The maximum atomic E-state index is 13.0. The minimum Gasteiger partial charge on any atom is -0.496 e. The van der Waals surface area contributed by atoms with Crippen LogP contribution in [0.4, 0.5) is 0 Å². The summed E-state index contributed by atoms with van der Waals surface area (Å²) in [5, 5.41) is 3.00. The van der Waals surface area contributed by atoms with Crippen molar-refractivity contribution in [2.45, 2.75) is 26.2 Å². The van der Waals surface area contributed by atoms with Gasteiger partial charge in [-0.25, -0.2) is 0 Å². The highest BCUT2D eigenvalue weighted by Gasteiger charge is 2.41. The third-order valence-corrected chi connectivity index (χ3v) is 5.33. The van der Waals surface area contributed by atoms with E-state index in [9.17, 15) is 9.59 Å². The number of carbonyl (C=O) groups excluding carboxylic acids is 2. The zero-order valence-corrected chi connectivity index (χ0v) is 16.8. The molecule has 1 N–H and O–H groups in total. The Hall–Kier alpha value is -2.82. The first-order valence-electron chi connectivity index (χ1n) is 9.81. The van der Waals surface area contributed by atoms with Crippen molar-refractivity contribution in [3.05, 3.63) is 65.2 Å². The van der Waals surface area contributed by atoms with E-state index in [2.05, 4.69) is 5.32 Å². The van der Waals surface area contributed by atoms with Gasteiger partial charge in [0.1, 0.15) is 5.75 Å². The maximum absolute atomic E-state index is 13.0. The first-order chi connectivity index (χ1) is 13.5. The van der Waals surface area contributed by atoms with E-state index in [4.69, 9.17) is 4.74 Å². The molecule has 148 valence electrons. The van der Waals surface area contributed by atoms with Gasteiger partial charge in [-0.2, -0.15) is 0 Å². The van der Waals surface area contributed by atoms with Crippen molar-refractivity contribution in [1.82, 2.24) is 10.2 Å². The summed E-state index contributed by atoms with van der Waals surface area (Å²) in [4.78, 5) is 27.7. The molecule has 0 radical (unpaired) electrons. The average Bonchev–Trinajstić information content (AvgIpc) is 3.17. The number of benzene rings is 2. The molecule has 2 unspecified atom stereocenters. The van der Waals surface area contributed by atoms with Gasteiger partial charge in [-0.3, -0.25) is 9.59 Å². The molecule has 2 aromatic carbocycles. The zero-order valence-electron chi connectivity index (χ0n) is 16.8. The van der Waals surface area contributed by atoms with Crippen LogP contribution in [-0.2, 0) is 4.79 Å². The van der Waals surface area contributed by atoms with E-state index in [-0.39, 0.29) is 23.7 Å². The Morgan fingerprint density at radius 3 is 2.50 bits per heavy atom. The largest absolute Gasteiger partial charge is 0.496 e. The molecule has 1 heterocycles. The van der Waals surface area contributed by atoms with Crippen LogP contribution in [0.1, 0.15) is 40.7 Å². The van der Waals surface area contributed by atoms with Crippen LogP contribution in [0.25, 0.3) is 0 Å². The van der Waals surface area contributed by atoms with Gasteiger partial charge in [0.15, 0.2) is 0 Å². The van der Waals surface area contributed by atoms with E-state index in [0.29, 0.717) is 25.2 Å². The summed E-state index contributed by atoms with van der Waals surface area (Å²) < 4.78 is 5.53. The van der Waals surface area contributed by atoms with Crippen LogP contribution in [0.15, 0.2) is 48.5 Å². The lowest BCUT2D eigenvalue weighted by molar-refractivity contribution is -0.124. The van der Waals surface area contributed by atoms with Crippen LogP contribution in [-0.4, -0.2) is 43.5 Å². The van der Waals surface area contributed by atoms with Crippen molar-refractivity contribution in [1.29, 1.82) is 0 Å². The average molecular weight is 380 g/mol. The first-order valence-corrected chi connectivity index (χ1v) is 9.81. The Morgan fingerprint density at radius 1 is 1.11 bits per heavy atom. The SMILES string of the molecule is CCCNC(=O)C1CN(C(=O)c2ccc(C)cc2)CC1c1ccccc1OC. The van der Waals surface area contributed by atoms with Gasteiger partial charge in [0.05, 0.1) is 13.0 Å². The van der Waals surface area contributed by atoms with Gasteiger partial charge in [0.2, 0.25) is 5.91 Å². The molecule has 0 aromatic heterocycles. The van der Waals surface area contributed by atoms with Crippen molar-refractivity contribution < 1.29 is 14.3 Å². The summed E-state index contributed by atoms with van der Waals surface area (Å²) in [7, 11) is 1.63. The molecule has 3 rings (SSSR count). The summed E-state index contributed by atoms with van der Waals surface area (Å²) in [6, 6.07) is 15.3. The zero-order chi connectivity index (χ0) is 20.1. The molecule has 1 saturated heterocycles. The predicted octanol–water partition coefficient (Wildman–Crippen LogP) is 3.39. The molecule has 2 amide bonds. The van der Waals surface area contributed by atoms with Crippen molar-refractivity contribution in [3.63, 3.8) is 0 Å². The minimum atomic E-state index is -0.294. The molecule has 5 nitrogen and oxygen atoms in total. The maximum Gasteiger partial charge on any atom is 0.253 e. The van der Waals surface area contributed by atoms with Crippen LogP contribution in [0, 0.1) is 12.8 Å². The molecular weight excluding hydrogens is 352 g/mol. The molecule has 28 heavy (non-hydrogen) atoms. The number of nitrogens with zero attached hydrogens (tertiary/aromatic N) is 1. The summed E-state index contributed by atoms with van der Waals surface area (Å²) >= 11 is 0. The standard InChI is InChI=1S/C23H28N2O3/c1-4-13-24-22(26)20-15-25(23(27)17-11-9-16(2)10-12-17)14-19(20)18-7-5-6-8-21(18)28-3/h5-12,19-20H,4,13-15H2,1-3H3,(H,24,26). The second-order valence-corrected chi connectivity index (χ2v) is 7.32. The highest BCUT2D eigenvalue weighted by molar-refractivity contribution is 5.95. The molecule has 0 spiro atoms. The van der Waals surface area contributed by atoms with Gasteiger partial charge in [-0.05, 0) is 37.1 Å². The fourth-order valence-corrected chi connectivity index (χ4v) is 3.78. The molecular formula is C23H28N2O3. The van der Waals surface area contributed by atoms with E-state index < -0.39 is 0 Å². The van der Waals surface area contributed by atoms with Crippen LogP contribution in [0.3, 0.4) is 0 Å². The molecule has 5 heteroatoms.